The summed E-state index contributed by atoms with van der Waals surface area (Å²) in [5.41, 5.74) is 1.06. The second-order valence-corrected chi connectivity index (χ2v) is 5.56. The standard InChI is InChI=1S/C12H20BrN3/c1-9(2)12(8-16(3)4)15-11-5-10(13)6-14-7-11/h5-7,9,12,15H,8H2,1-4H3. The number of hydrogen-bond acceptors (Lipinski definition) is 3. The number of hydrogen-bond donors (Lipinski definition) is 1. The van der Waals surface area contributed by atoms with E-state index < -0.39 is 0 Å². The van der Waals surface area contributed by atoms with E-state index in [-0.39, 0.29) is 0 Å². The summed E-state index contributed by atoms with van der Waals surface area (Å²) in [6, 6.07) is 2.49. The molecule has 0 fully saturated rings. The summed E-state index contributed by atoms with van der Waals surface area (Å²) in [4.78, 5) is 6.35. The smallest absolute Gasteiger partial charge is 0.0540 e. The summed E-state index contributed by atoms with van der Waals surface area (Å²) in [7, 11) is 4.19. The molecular formula is C12H20BrN3. The predicted octanol–water partition coefficient (Wildman–Crippen LogP) is 2.84. The van der Waals surface area contributed by atoms with Crippen LogP contribution in [0.15, 0.2) is 22.9 Å². The van der Waals surface area contributed by atoms with Crippen LogP contribution in [0.3, 0.4) is 0 Å². The third kappa shape index (κ3) is 4.49. The molecule has 1 unspecified atom stereocenters. The van der Waals surface area contributed by atoms with Crippen LogP contribution in [-0.2, 0) is 0 Å². The molecule has 1 heterocycles. The van der Waals surface area contributed by atoms with E-state index in [9.17, 15) is 0 Å². The molecule has 0 radical (unpaired) electrons. The fourth-order valence-corrected chi connectivity index (χ4v) is 1.89. The molecule has 3 nitrogen and oxygen atoms in total. The number of nitrogens with one attached hydrogen (secondary N) is 1. The summed E-state index contributed by atoms with van der Waals surface area (Å²) in [6.45, 7) is 5.48. The summed E-state index contributed by atoms with van der Waals surface area (Å²) >= 11 is 3.43. The summed E-state index contributed by atoms with van der Waals surface area (Å²) < 4.78 is 1.00. The topological polar surface area (TPSA) is 28.2 Å². The Bertz CT molecular complexity index is 326. The van der Waals surface area contributed by atoms with E-state index in [1.165, 1.54) is 0 Å². The van der Waals surface area contributed by atoms with Crippen molar-refractivity contribution < 1.29 is 0 Å². The molecule has 0 bridgehead atoms. The van der Waals surface area contributed by atoms with E-state index in [1.54, 1.807) is 6.20 Å². The van der Waals surface area contributed by atoms with Crippen molar-refractivity contribution in [2.24, 2.45) is 5.92 Å². The molecule has 0 aliphatic rings. The van der Waals surface area contributed by atoms with Crippen molar-refractivity contribution in [2.45, 2.75) is 19.9 Å². The van der Waals surface area contributed by atoms with Crippen LogP contribution in [-0.4, -0.2) is 36.6 Å². The maximum atomic E-state index is 4.15. The molecule has 0 aliphatic heterocycles. The van der Waals surface area contributed by atoms with Gasteiger partial charge in [0.2, 0.25) is 0 Å². The van der Waals surface area contributed by atoms with Gasteiger partial charge >= 0.3 is 0 Å². The van der Waals surface area contributed by atoms with Crippen LogP contribution in [0.5, 0.6) is 0 Å². The summed E-state index contributed by atoms with van der Waals surface area (Å²) in [5, 5.41) is 3.52. The number of rotatable bonds is 5. The van der Waals surface area contributed by atoms with Gasteiger partial charge in [-0.3, -0.25) is 4.98 Å². The number of anilines is 1. The number of pyridine rings is 1. The van der Waals surface area contributed by atoms with Crippen molar-refractivity contribution in [1.29, 1.82) is 0 Å². The van der Waals surface area contributed by atoms with Crippen LogP contribution in [0.25, 0.3) is 0 Å². The molecule has 1 aromatic heterocycles. The van der Waals surface area contributed by atoms with Gasteiger partial charge in [-0.2, -0.15) is 0 Å². The molecule has 1 atom stereocenters. The lowest BCUT2D eigenvalue weighted by molar-refractivity contribution is 0.344. The van der Waals surface area contributed by atoms with Crippen molar-refractivity contribution >= 4 is 21.6 Å². The first kappa shape index (κ1) is 13.5. The van der Waals surface area contributed by atoms with Gasteiger partial charge in [0.15, 0.2) is 0 Å². The zero-order valence-corrected chi connectivity index (χ0v) is 12.0. The van der Waals surface area contributed by atoms with Crippen LogP contribution < -0.4 is 5.32 Å². The second kappa shape index (κ2) is 6.21. The highest BCUT2D eigenvalue weighted by Gasteiger charge is 2.14. The van der Waals surface area contributed by atoms with E-state index in [0.29, 0.717) is 12.0 Å². The molecule has 16 heavy (non-hydrogen) atoms. The lowest BCUT2D eigenvalue weighted by Gasteiger charge is -2.26. The predicted molar refractivity (Wildman–Crippen MR) is 72.7 cm³/mol. The fraction of sp³-hybridized carbons (Fsp3) is 0.583. The van der Waals surface area contributed by atoms with Gasteiger partial charge in [-0.05, 0) is 42.0 Å². The van der Waals surface area contributed by atoms with Gasteiger partial charge in [0.25, 0.3) is 0 Å². The Hall–Kier alpha value is -0.610. The van der Waals surface area contributed by atoms with Gasteiger partial charge in [-0.1, -0.05) is 13.8 Å². The van der Waals surface area contributed by atoms with Crippen molar-refractivity contribution in [1.82, 2.24) is 9.88 Å². The number of nitrogens with zero attached hydrogens (tertiary/aromatic N) is 2. The Labute approximate surface area is 106 Å². The van der Waals surface area contributed by atoms with Gasteiger partial charge in [-0.15, -0.1) is 0 Å². The second-order valence-electron chi connectivity index (χ2n) is 4.65. The quantitative estimate of drug-likeness (QED) is 0.902. The summed E-state index contributed by atoms with van der Waals surface area (Å²) in [6.07, 6.45) is 3.65. The first-order valence-corrected chi connectivity index (χ1v) is 6.30. The van der Waals surface area contributed by atoms with E-state index in [2.05, 4.69) is 65.1 Å². The van der Waals surface area contributed by atoms with Crippen molar-refractivity contribution in [2.75, 3.05) is 26.0 Å². The Morgan fingerprint density at radius 1 is 1.38 bits per heavy atom. The molecule has 0 aliphatic carbocycles. The lowest BCUT2D eigenvalue weighted by Crippen LogP contribution is -2.36. The third-order valence-corrected chi connectivity index (χ3v) is 2.86. The van der Waals surface area contributed by atoms with E-state index >= 15 is 0 Å². The van der Waals surface area contributed by atoms with Crippen LogP contribution in [0.4, 0.5) is 5.69 Å². The van der Waals surface area contributed by atoms with Gasteiger partial charge < -0.3 is 10.2 Å². The van der Waals surface area contributed by atoms with Crippen molar-refractivity contribution in [3.63, 3.8) is 0 Å². The minimum absolute atomic E-state index is 0.436. The molecule has 1 aromatic rings. The van der Waals surface area contributed by atoms with Crippen LogP contribution in [0.2, 0.25) is 0 Å². The lowest BCUT2D eigenvalue weighted by atomic mass is 10.0. The van der Waals surface area contributed by atoms with E-state index in [0.717, 1.165) is 16.7 Å². The number of halogens is 1. The largest absolute Gasteiger partial charge is 0.379 e. The summed E-state index contributed by atoms with van der Waals surface area (Å²) in [5.74, 6) is 0.585. The van der Waals surface area contributed by atoms with Crippen LogP contribution >= 0.6 is 15.9 Å². The molecule has 0 saturated carbocycles. The average molecular weight is 286 g/mol. The maximum Gasteiger partial charge on any atom is 0.0540 e. The maximum absolute atomic E-state index is 4.15. The number of likely N-dealkylation sites (N-methyl/N-ethyl adjacent to an activating group) is 1. The molecule has 90 valence electrons. The highest BCUT2D eigenvalue weighted by atomic mass is 79.9. The zero-order chi connectivity index (χ0) is 12.1. The SMILES string of the molecule is CC(C)C(CN(C)C)Nc1cncc(Br)c1. The normalized spacial score (nSPS) is 13.2. The van der Waals surface area contributed by atoms with Gasteiger partial charge in [0, 0.05) is 23.3 Å². The number of aromatic nitrogens is 1. The Morgan fingerprint density at radius 2 is 2.06 bits per heavy atom. The zero-order valence-electron chi connectivity index (χ0n) is 10.4. The molecular weight excluding hydrogens is 266 g/mol. The van der Waals surface area contributed by atoms with E-state index in [1.807, 2.05) is 6.20 Å². The van der Waals surface area contributed by atoms with Gasteiger partial charge in [0.1, 0.15) is 0 Å². The van der Waals surface area contributed by atoms with Gasteiger partial charge in [0.05, 0.1) is 11.9 Å². The Kier molecular flexibility index (Phi) is 5.22. The third-order valence-electron chi connectivity index (χ3n) is 2.42. The Balaban J connectivity index is 2.68. The van der Waals surface area contributed by atoms with Crippen LogP contribution in [0, 0.1) is 5.92 Å². The highest BCUT2D eigenvalue weighted by Crippen LogP contribution is 2.16. The first-order chi connectivity index (χ1) is 7.49. The van der Waals surface area contributed by atoms with Crippen LogP contribution in [0.1, 0.15) is 13.8 Å². The monoisotopic (exact) mass is 285 g/mol. The molecule has 0 spiro atoms. The minimum atomic E-state index is 0.436. The molecule has 0 amide bonds. The molecule has 1 N–H and O–H groups in total. The average Bonchev–Trinajstić information content (AvgIpc) is 2.15. The highest BCUT2D eigenvalue weighted by molar-refractivity contribution is 9.10. The molecule has 1 rings (SSSR count). The molecule has 0 saturated heterocycles. The Morgan fingerprint density at radius 3 is 2.56 bits per heavy atom. The van der Waals surface area contributed by atoms with Crippen molar-refractivity contribution in [3.8, 4) is 0 Å². The molecule has 0 aromatic carbocycles. The van der Waals surface area contributed by atoms with Crippen molar-refractivity contribution in [3.05, 3.63) is 22.9 Å². The van der Waals surface area contributed by atoms with Gasteiger partial charge in [-0.25, -0.2) is 0 Å². The molecule has 4 heteroatoms. The van der Waals surface area contributed by atoms with E-state index in [4.69, 9.17) is 0 Å². The minimum Gasteiger partial charge on any atom is -0.379 e. The first-order valence-electron chi connectivity index (χ1n) is 5.51. The fourth-order valence-electron chi connectivity index (χ4n) is 1.52.